The molecule has 1 fully saturated rings. The molecule has 0 aliphatic carbocycles. The number of hydrogen-bond donors (Lipinski definition) is 0. The lowest BCUT2D eigenvalue weighted by Crippen LogP contribution is -2.11. The van der Waals surface area contributed by atoms with E-state index in [2.05, 4.69) is 25.3 Å². The third-order valence-corrected chi connectivity index (χ3v) is 3.05. The summed E-state index contributed by atoms with van der Waals surface area (Å²) < 4.78 is 5.69. The Hall–Kier alpha value is -1.52. The van der Waals surface area contributed by atoms with Gasteiger partial charge in [0.2, 0.25) is 0 Å². The van der Waals surface area contributed by atoms with Crippen LogP contribution in [0.15, 0.2) is 43.0 Å². The van der Waals surface area contributed by atoms with Gasteiger partial charge in [-0.2, -0.15) is 0 Å². The molecule has 2 rings (SSSR count). The van der Waals surface area contributed by atoms with Crippen LogP contribution in [0.1, 0.15) is 31.7 Å². The van der Waals surface area contributed by atoms with Crippen molar-refractivity contribution in [3.8, 4) is 11.8 Å². The second-order valence-corrected chi connectivity index (χ2v) is 4.38. The first-order chi connectivity index (χ1) is 8.30. The fourth-order valence-electron chi connectivity index (χ4n) is 1.93. The van der Waals surface area contributed by atoms with Crippen molar-refractivity contribution >= 4 is 0 Å². The Morgan fingerprint density at radius 2 is 2.18 bits per heavy atom. The number of ether oxygens (including phenoxy) is 1. The Morgan fingerprint density at radius 1 is 1.41 bits per heavy atom. The highest BCUT2D eigenvalue weighted by molar-refractivity contribution is 5.39. The first-order valence-electron chi connectivity index (χ1n) is 6.19. The van der Waals surface area contributed by atoms with Crippen LogP contribution < -0.4 is 0 Å². The molecule has 1 nitrogen and oxygen atoms in total. The van der Waals surface area contributed by atoms with Gasteiger partial charge in [0, 0.05) is 5.56 Å². The summed E-state index contributed by atoms with van der Waals surface area (Å²) in [6, 6.07) is 10.0. The van der Waals surface area contributed by atoms with Gasteiger partial charge in [0.1, 0.15) is 6.10 Å². The number of hydrogen-bond acceptors (Lipinski definition) is 1. The van der Waals surface area contributed by atoms with Crippen LogP contribution >= 0.6 is 0 Å². The Balaban J connectivity index is 2.10. The van der Waals surface area contributed by atoms with Gasteiger partial charge in [0.05, 0.1) is 0 Å². The molecule has 0 spiro atoms. The van der Waals surface area contributed by atoms with E-state index in [0.29, 0.717) is 0 Å². The predicted octanol–water partition coefficient (Wildman–Crippen LogP) is 3.55. The molecule has 0 aromatic heterocycles. The summed E-state index contributed by atoms with van der Waals surface area (Å²) in [5, 5.41) is 0. The molecule has 2 atom stereocenters. The molecule has 0 bridgehead atoms. The smallest absolute Gasteiger partial charge is 0.159 e. The average Bonchev–Trinajstić information content (AvgIpc) is 3.09. The standard InChI is InChI=1S/C16H18O/c1-3-5-12-16(15(4-2)17-16)13-11-14-9-7-6-8-10-14/h4,6-10,15H,2-3,5,12H2,1H3/t15-,16-/m0/s1. The molecule has 1 saturated heterocycles. The summed E-state index contributed by atoms with van der Waals surface area (Å²) in [5.41, 5.74) is 0.787. The molecular formula is C16H18O. The SMILES string of the molecule is C=C[C@@H]1O[C@]1(C#Cc1ccccc1)CCCC. The van der Waals surface area contributed by atoms with Crippen molar-refractivity contribution in [1.29, 1.82) is 0 Å². The molecule has 0 amide bonds. The minimum atomic E-state index is -0.256. The van der Waals surface area contributed by atoms with Crippen molar-refractivity contribution in [3.05, 3.63) is 48.6 Å². The summed E-state index contributed by atoms with van der Waals surface area (Å²) in [6.07, 6.45) is 5.29. The molecule has 0 saturated carbocycles. The van der Waals surface area contributed by atoms with Crippen LogP contribution in [0.3, 0.4) is 0 Å². The lowest BCUT2D eigenvalue weighted by Gasteiger charge is -2.02. The number of unbranched alkanes of at least 4 members (excludes halogenated alkanes) is 1. The summed E-state index contributed by atoms with van der Waals surface area (Å²) >= 11 is 0. The van der Waals surface area contributed by atoms with E-state index >= 15 is 0 Å². The van der Waals surface area contributed by atoms with Gasteiger partial charge in [0.15, 0.2) is 5.60 Å². The second kappa shape index (κ2) is 5.21. The van der Waals surface area contributed by atoms with E-state index < -0.39 is 0 Å². The first-order valence-corrected chi connectivity index (χ1v) is 6.19. The summed E-state index contributed by atoms with van der Waals surface area (Å²) in [6.45, 7) is 5.97. The van der Waals surface area contributed by atoms with E-state index in [1.807, 2.05) is 36.4 Å². The fraction of sp³-hybridized carbons (Fsp3) is 0.375. The number of rotatable bonds is 4. The van der Waals surface area contributed by atoms with Gasteiger partial charge >= 0.3 is 0 Å². The van der Waals surface area contributed by atoms with E-state index in [1.54, 1.807) is 0 Å². The lowest BCUT2D eigenvalue weighted by molar-refractivity contribution is 0.330. The summed E-state index contributed by atoms with van der Waals surface area (Å²) in [5.74, 6) is 6.48. The second-order valence-electron chi connectivity index (χ2n) is 4.38. The molecule has 17 heavy (non-hydrogen) atoms. The van der Waals surface area contributed by atoms with Gasteiger partial charge in [-0.1, -0.05) is 49.5 Å². The molecule has 1 aromatic rings. The van der Waals surface area contributed by atoms with Gasteiger partial charge in [-0.25, -0.2) is 0 Å². The van der Waals surface area contributed by atoms with Crippen molar-refractivity contribution < 1.29 is 4.74 Å². The van der Waals surface area contributed by atoms with Crippen molar-refractivity contribution in [2.24, 2.45) is 0 Å². The van der Waals surface area contributed by atoms with Crippen molar-refractivity contribution in [2.75, 3.05) is 0 Å². The van der Waals surface area contributed by atoms with Crippen LogP contribution in [0.25, 0.3) is 0 Å². The minimum absolute atomic E-state index is 0.116. The van der Waals surface area contributed by atoms with Crippen LogP contribution in [0.2, 0.25) is 0 Å². The summed E-state index contributed by atoms with van der Waals surface area (Å²) in [7, 11) is 0. The van der Waals surface area contributed by atoms with Crippen LogP contribution in [0.4, 0.5) is 0 Å². The molecule has 1 aromatic carbocycles. The largest absolute Gasteiger partial charge is 0.348 e. The van der Waals surface area contributed by atoms with Gasteiger partial charge in [0.25, 0.3) is 0 Å². The van der Waals surface area contributed by atoms with Crippen LogP contribution in [0, 0.1) is 11.8 Å². The van der Waals surface area contributed by atoms with Crippen LogP contribution in [0.5, 0.6) is 0 Å². The monoisotopic (exact) mass is 226 g/mol. The average molecular weight is 226 g/mol. The van der Waals surface area contributed by atoms with Crippen molar-refractivity contribution in [1.82, 2.24) is 0 Å². The Labute approximate surface area is 103 Å². The Kier molecular flexibility index (Phi) is 3.66. The maximum atomic E-state index is 5.69. The first kappa shape index (κ1) is 12.0. The Morgan fingerprint density at radius 3 is 2.76 bits per heavy atom. The quantitative estimate of drug-likeness (QED) is 0.434. The minimum Gasteiger partial charge on any atom is -0.348 e. The zero-order valence-electron chi connectivity index (χ0n) is 10.3. The van der Waals surface area contributed by atoms with E-state index in [-0.39, 0.29) is 11.7 Å². The fourth-order valence-corrected chi connectivity index (χ4v) is 1.93. The zero-order valence-corrected chi connectivity index (χ0v) is 10.3. The van der Waals surface area contributed by atoms with Gasteiger partial charge < -0.3 is 4.74 Å². The normalized spacial score (nSPS) is 25.8. The molecule has 0 radical (unpaired) electrons. The highest BCUT2D eigenvalue weighted by atomic mass is 16.6. The summed E-state index contributed by atoms with van der Waals surface area (Å²) in [4.78, 5) is 0. The topological polar surface area (TPSA) is 12.5 Å². The van der Waals surface area contributed by atoms with Crippen molar-refractivity contribution in [2.45, 2.75) is 37.9 Å². The molecular weight excluding hydrogens is 208 g/mol. The maximum absolute atomic E-state index is 5.69. The molecule has 1 heteroatoms. The van der Waals surface area contributed by atoms with Gasteiger partial charge in [-0.3, -0.25) is 0 Å². The highest BCUT2D eigenvalue weighted by Crippen LogP contribution is 2.41. The van der Waals surface area contributed by atoms with Crippen molar-refractivity contribution in [3.63, 3.8) is 0 Å². The lowest BCUT2D eigenvalue weighted by atomic mass is 9.98. The van der Waals surface area contributed by atoms with Crippen LogP contribution in [-0.4, -0.2) is 11.7 Å². The zero-order chi connectivity index (χ0) is 12.1. The molecule has 1 aliphatic heterocycles. The molecule has 88 valence electrons. The van der Waals surface area contributed by atoms with E-state index in [4.69, 9.17) is 4.74 Å². The van der Waals surface area contributed by atoms with Gasteiger partial charge in [-0.15, -0.1) is 6.58 Å². The third kappa shape index (κ3) is 2.78. The highest BCUT2D eigenvalue weighted by Gasteiger charge is 2.52. The number of epoxide rings is 1. The number of benzene rings is 1. The molecule has 1 aliphatic rings. The molecule has 0 N–H and O–H groups in total. The Bertz CT molecular complexity index is 438. The maximum Gasteiger partial charge on any atom is 0.159 e. The van der Waals surface area contributed by atoms with Crippen LogP contribution in [-0.2, 0) is 4.74 Å². The third-order valence-electron chi connectivity index (χ3n) is 3.05. The predicted molar refractivity (Wildman–Crippen MR) is 70.6 cm³/mol. The molecule has 1 heterocycles. The molecule has 0 unspecified atom stereocenters. The van der Waals surface area contributed by atoms with E-state index in [0.717, 1.165) is 18.4 Å². The van der Waals surface area contributed by atoms with E-state index in [9.17, 15) is 0 Å². The van der Waals surface area contributed by atoms with Gasteiger partial charge in [-0.05, 0) is 25.0 Å². The van der Waals surface area contributed by atoms with E-state index in [1.165, 1.54) is 6.42 Å².